The van der Waals surface area contributed by atoms with Gasteiger partial charge in [-0.3, -0.25) is 14.9 Å². The van der Waals surface area contributed by atoms with Crippen LogP contribution < -0.4 is 5.32 Å². The second-order valence-corrected chi connectivity index (χ2v) is 10.4. The second kappa shape index (κ2) is 12.0. The lowest BCUT2D eigenvalue weighted by Gasteiger charge is -2.21. The lowest BCUT2D eigenvalue weighted by atomic mass is 9.99. The van der Waals surface area contributed by atoms with E-state index in [-0.39, 0.29) is 22.4 Å². The van der Waals surface area contributed by atoms with E-state index in [1.54, 1.807) is 32.4 Å². The van der Waals surface area contributed by atoms with Gasteiger partial charge < -0.3 is 9.47 Å². The number of anilines is 1. The molecule has 1 heterocycles. The Hall–Kier alpha value is -3.17. The van der Waals surface area contributed by atoms with Crippen molar-refractivity contribution in [1.29, 1.82) is 0 Å². The van der Waals surface area contributed by atoms with Gasteiger partial charge in [0.2, 0.25) is 0 Å². The standard InChI is InChI=1S/C26H28N2O5S2/c1-26(2,3)33-25(31)28-24-27-19(15-35-24)21(20(29)16-34-4)23(30)32-22(17-11-7-5-8-12-17)18-13-9-6-10-14-18/h5-15,21-22H,16H2,1-4H3,(H,27,28,31). The highest BCUT2D eigenvalue weighted by molar-refractivity contribution is 7.99. The van der Waals surface area contributed by atoms with Gasteiger partial charge in [-0.1, -0.05) is 60.7 Å². The van der Waals surface area contributed by atoms with Gasteiger partial charge in [-0.15, -0.1) is 11.3 Å². The fourth-order valence-electron chi connectivity index (χ4n) is 3.28. The normalized spacial score (nSPS) is 12.1. The van der Waals surface area contributed by atoms with Crippen molar-refractivity contribution in [1.82, 2.24) is 4.98 Å². The Labute approximate surface area is 213 Å². The fourth-order valence-corrected chi connectivity index (χ4v) is 4.45. The Morgan fingerprint density at radius 3 is 2.09 bits per heavy atom. The summed E-state index contributed by atoms with van der Waals surface area (Å²) < 4.78 is 11.2. The zero-order valence-electron chi connectivity index (χ0n) is 20.0. The van der Waals surface area contributed by atoms with E-state index in [9.17, 15) is 14.4 Å². The van der Waals surface area contributed by atoms with Crippen molar-refractivity contribution >= 4 is 46.1 Å². The number of ether oxygens (including phenoxy) is 2. The van der Waals surface area contributed by atoms with Crippen molar-refractivity contribution in [3.05, 3.63) is 82.9 Å². The minimum absolute atomic E-state index is 0.119. The fraction of sp³-hybridized carbons (Fsp3) is 0.308. The summed E-state index contributed by atoms with van der Waals surface area (Å²) in [6, 6.07) is 18.7. The molecule has 1 unspecified atom stereocenters. The molecule has 0 saturated carbocycles. The van der Waals surface area contributed by atoms with Crippen LogP contribution in [0.25, 0.3) is 0 Å². The van der Waals surface area contributed by atoms with E-state index in [4.69, 9.17) is 9.47 Å². The molecule has 1 N–H and O–H groups in total. The smallest absolute Gasteiger partial charge is 0.413 e. The third kappa shape index (κ3) is 7.66. The molecule has 3 aromatic rings. The molecule has 7 nitrogen and oxygen atoms in total. The quantitative estimate of drug-likeness (QED) is 0.284. The predicted octanol–water partition coefficient (Wildman–Crippen LogP) is 5.84. The Bertz CT molecular complexity index is 1100. The van der Waals surface area contributed by atoms with E-state index in [0.29, 0.717) is 0 Å². The van der Waals surface area contributed by atoms with Crippen molar-refractivity contribution in [3.63, 3.8) is 0 Å². The molecular weight excluding hydrogens is 484 g/mol. The second-order valence-electron chi connectivity index (χ2n) is 8.68. The minimum atomic E-state index is -1.22. The van der Waals surface area contributed by atoms with Gasteiger partial charge in [-0.2, -0.15) is 11.8 Å². The number of ketones is 1. The molecule has 0 aliphatic heterocycles. The molecule has 0 bridgehead atoms. The van der Waals surface area contributed by atoms with Gasteiger partial charge in [0.05, 0.1) is 11.4 Å². The first kappa shape index (κ1) is 26.4. The topological polar surface area (TPSA) is 94.6 Å². The average molecular weight is 513 g/mol. The van der Waals surface area contributed by atoms with Crippen molar-refractivity contribution in [2.45, 2.75) is 38.4 Å². The van der Waals surface area contributed by atoms with E-state index in [1.807, 2.05) is 60.7 Å². The number of benzene rings is 2. The molecule has 0 aliphatic carbocycles. The maximum absolute atomic E-state index is 13.4. The molecule has 35 heavy (non-hydrogen) atoms. The first-order chi connectivity index (χ1) is 16.7. The average Bonchev–Trinajstić information content (AvgIpc) is 3.25. The summed E-state index contributed by atoms with van der Waals surface area (Å²) in [7, 11) is 0. The van der Waals surface area contributed by atoms with Gasteiger partial charge >= 0.3 is 12.1 Å². The Kier molecular flexibility index (Phi) is 9.06. The number of hydrogen-bond donors (Lipinski definition) is 1. The number of rotatable bonds is 9. The highest BCUT2D eigenvalue weighted by Crippen LogP contribution is 2.31. The molecule has 1 atom stereocenters. The predicted molar refractivity (Wildman–Crippen MR) is 139 cm³/mol. The number of carbonyl (C=O) groups is 3. The van der Waals surface area contributed by atoms with E-state index >= 15 is 0 Å². The van der Waals surface area contributed by atoms with Gasteiger partial charge in [0.25, 0.3) is 0 Å². The zero-order chi connectivity index (χ0) is 25.4. The first-order valence-electron chi connectivity index (χ1n) is 11.0. The summed E-state index contributed by atoms with van der Waals surface area (Å²) in [6.07, 6.45) is 0.432. The molecule has 0 aliphatic rings. The molecular formula is C26H28N2O5S2. The maximum atomic E-state index is 13.4. The molecule has 2 aromatic carbocycles. The highest BCUT2D eigenvalue weighted by Gasteiger charge is 2.34. The molecule has 184 valence electrons. The Morgan fingerprint density at radius 1 is 1.00 bits per heavy atom. The molecule has 3 rings (SSSR count). The molecule has 0 radical (unpaired) electrons. The number of carbonyl (C=O) groups excluding carboxylic acids is 3. The SMILES string of the molecule is CSCC(=O)C(C(=O)OC(c1ccccc1)c1ccccc1)c1csc(NC(=O)OC(C)(C)C)n1. The number of thiazole rings is 1. The van der Waals surface area contributed by atoms with Gasteiger partial charge in [-0.25, -0.2) is 9.78 Å². The van der Waals surface area contributed by atoms with Crippen molar-refractivity contribution in [2.24, 2.45) is 0 Å². The van der Waals surface area contributed by atoms with Crippen LogP contribution in [0, 0.1) is 0 Å². The molecule has 1 aromatic heterocycles. The monoisotopic (exact) mass is 512 g/mol. The van der Waals surface area contributed by atoms with Crippen LogP contribution in [0.4, 0.5) is 9.93 Å². The lowest BCUT2D eigenvalue weighted by Crippen LogP contribution is -2.28. The van der Waals surface area contributed by atoms with E-state index in [2.05, 4.69) is 10.3 Å². The molecule has 1 amide bonds. The minimum Gasteiger partial charge on any atom is -0.452 e. The third-order valence-electron chi connectivity index (χ3n) is 4.71. The summed E-state index contributed by atoms with van der Waals surface area (Å²) in [5.74, 6) is -2.12. The molecule has 0 spiro atoms. The Morgan fingerprint density at radius 2 is 1.57 bits per heavy atom. The number of thioether (sulfide) groups is 1. The van der Waals surface area contributed by atoms with Gasteiger partial charge in [0, 0.05) is 5.38 Å². The Balaban J connectivity index is 1.87. The summed E-state index contributed by atoms with van der Waals surface area (Å²) in [4.78, 5) is 42.9. The van der Waals surface area contributed by atoms with Crippen LogP contribution in [0.5, 0.6) is 0 Å². The number of hydrogen-bond acceptors (Lipinski definition) is 8. The van der Waals surface area contributed by atoms with Crippen LogP contribution in [-0.2, 0) is 19.1 Å². The van der Waals surface area contributed by atoms with E-state index < -0.39 is 29.7 Å². The maximum Gasteiger partial charge on any atom is 0.413 e. The summed E-state index contributed by atoms with van der Waals surface area (Å²) >= 11 is 2.42. The number of nitrogens with zero attached hydrogens (tertiary/aromatic N) is 1. The van der Waals surface area contributed by atoms with Gasteiger partial charge in [-0.05, 0) is 38.2 Å². The van der Waals surface area contributed by atoms with Crippen molar-refractivity contribution in [3.8, 4) is 0 Å². The van der Waals surface area contributed by atoms with Crippen LogP contribution in [-0.4, -0.2) is 40.4 Å². The number of aromatic nitrogens is 1. The van der Waals surface area contributed by atoms with Crippen LogP contribution in [0.2, 0.25) is 0 Å². The third-order valence-corrected chi connectivity index (χ3v) is 6.06. The van der Waals surface area contributed by atoms with Gasteiger partial charge in [0.1, 0.15) is 5.60 Å². The van der Waals surface area contributed by atoms with Crippen molar-refractivity contribution in [2.75, 3.05) is 17.3 Å². The first-order valence-corrected chi connectivity index (χ1v) is 13.2. The van der Waals surface area contributed by atoms with Crippen LogP contribution in [0.15, 0.2) is 66.0 Å². The number of Topliss-reactive ketones (excluding diaryl/α,β-unsaturated/α-hetero) is 1. The number of amides is 1. The van der Waals surface area contributed by atoms with Crippen LogP contribution in [0.1, 0.15) is 49.6 Å². The van der Waals surface area contributed by atoms with E-state index in [1.165, 1.54) is 11.8 Å². The van der Waals surface area contributed by atoms with Crippen LogP contribution >= 0.6 is 23.1 Å². The number of nitrogens with one attached hydrogen (secondary N) is 1. The zero-order valence-corrected chi connectivity index (χ0v) is 21.7. The van der Waals surface area contributed by atoms with Crippen molar-refractivity contribution < 1.29 is 23.9 Å². The van der Waals surface area contributed by atoms with E-state index in [0.717, 1.165) is 22.5 Å². The number of esters is 1. The highest BCUT2D eigenvalue weighted by atomic mass is 32.2. The molecule has 9 heteroatoms. The lowest BCUT2D eigenvalue weighted by molar-refractivity contribution is -0.151. The summed E-state index contributed by atoms with van der Waals surface area (Å²) in [5.41, 5.74) is 1.13. The molecule has 0 saturated heterocycles. The molecule has 0 fully saturated rings. The largest absolute Gasteiger partial charge is 0.452 e. The van der Waals surface area contributed by atoms with Gasteiger partial charge in [0.15, 0.2) is 22.9 Å². The van der Waals surface area contributed by atoms with Crippen LogP contribution in [0.3, 0.4) is 0 Å². The summed E-state index contributed by atoms with van der Waals surface area (Å²) in [5, 5.41) is 4.36. The summed E-state index contributed by atoms with van der Waals surface area (Å²) in [6.45, 7) is 5.26.